The highest BCUT2D eigenvalue weighted by Crippen LogP contribution is 2.29. The molecule has 2 aliphatic rings. The SMILES string of the molecule is O=C(NC[C@H]1CCCCN1)c1sccc1S(=O)(=O)N1CCCc2ccccc2C1. The number of fused-ring (bicyclic) bond motifs is 1. The highest BCUT2D eigenvalue weighted by atomic mass is 32.2. The molecule has 2 aliphatic heterocycles. The average molecular weight is 434 g/mol. The normalized spacial score (nSPS) is 20.6. The molecule has 0 unspecified atom stereocenters. The van der Waals surface area contributed by atoms with E-state index in [1.54, 1.807) is 11.4 Å². The van der Waals surface area contributed by atoms with Gasteiger partial charge in [-0.25, -0.2) is 8.42 Å². The molecule has 156 valence electrons. The van der Waals surface area contributed by atoms with Crippen LogP contribution in [0.4, 0.5) is 0 Å². The van der Waals surface area contributed by atoms with Crippen molar-refractivity contribution in [3.63, 3.8) is 0 Å². The van der Waals surface area contributed by atoms with E-state index in [1.807, 2.05) is 18.2 Å². The Morgan fingerprint density at radius 3 is 2.79 bits per heavy atom. The van der Waals surface area contributed by atoms with Gasteiger partial charge in [-0.15, -0.1) is 11.3 Å². The summed E-state index contributed by atoms with van der Waals surface area (Å²) in [6.07, 6.45) is 4.99. The molecular formula is C21H27N3O3S2. The van der Waals surface area contributed by atoms with Gasteiger partial charge in [0.25, 0.3) is 5.91 Å². The van der Waals surface area contributed by atoms with Crippen molar-refractivity contribution in [3.8, 4) is 0 Å². The number of carbonyl (C=O) groups is 1. The van der Waals surface area contributed by atoms with Crippen molar-refractivity contribution in [3.05, 3.63) is 51.7 Å². The number of piperidine rings is 1. The molecule has 1 atom stereocenters. The molecule has 1 saturated heterocycles. The lowest BCUT2D eigenvalue weighted by molar-refractivity contribution is 0.0948. The van der Waals surface area contributed by atoms with Gasteiger partial charge in [-0.3, -0.25) is 4.79 Å². The Balaban J connectivity index is 1.51. The predicted molar refractivity (Wildman–Crippen MR) is 115 cm³/mol. The topological polar surface area (TPSA) is 78.5 Å². The van der Waals surface area contributed by atoms with Crippen LogP contribution in [-0.2, 0) is 23.0 Å². The number of amides is 1. The van der Waals surface area contributed by atoms with Gasteiger partial charge in [0.15, 0.2) is 0 Å². The first kappa shape index (κ1) is 20.5. The lowest BCUT2D eigenvalue weighted by atomic mass is 10.0. The van der Waals surface area contributed by atoms with E-state index in [4.69, 9.17) is 0 Å². The summed E-state index contributed by atoms with van der Waals surface area (Å²) in [7, 11) is -3.74. The van der Waals surface area contributed by atoms with Crippen LogP contribution in [-0.4, -0.2) is 44.3 Å². The van der Waals surface area contributed by atoms with Crippen molar-refractivity contribution in [2.75, 3.05) is 19.6 Å². The van der Waals surface area contributed by atoms with E-state index < -0.39 is 10.0 Å². The molecule has 2 aromatic rings. The van der Waals surface area contributed by atoms with Gasteiger partial charge in [0, 0.05) is 25.7 Å². The Kier molecular flexibility index (Phi) is 6.34. The maximum Gasteiger partial charge on any atom is 0.262 e. The van der Waals surface area contributed by atoms with Crippen LogP contribution in [0.1, 0.15) is 46.5 Å². The molecule has 0 spiro atoms. The number of benzene rings is 1. The van der Waals surface area contributed by atoms with Crippen LogP contribution in [0.15, 0.2) is 40.6 Å². The molecule has 6 nitrogen and oxygen atoms in total. The van der Waals surface area contributed by atoms with Crippen molar-refractivity contribution >= 4 is 27.3 Å². The molecule has 3 heterocycles. The summed E-state index contributed by atoms with van der Waals surface area (Å²) in [6, 6.07) is 9.80. The Morgan fingerprint density at radius 2 is 2.00 bits per heavy atom. The third-order valence-corrected chi connectivity index (χ3v) is 8.62. The molecule has 0 bridgehead atoms. The third-order valence-electron chi connectivity index (χ3n) is 5.69. The van der Waals surface area contributed by atoms with Crippen LogP contribution in [0, 0.1) is 0 Å². The van der Waals surface area contributed by atoms with E-state index in [0.29, 0.717) is 19.6 Å². The second kappa shape index (κ2) is 8.95. The number of hydrogen-bond donors (Lipinski definition) is 2. The molecule has 29 heavy (non-hydrogen) atoms. The second-order valence-electron chi connectivity index (χ2n) is 7.68. The molecule has 8 heteroatoms. The van der Waals surface area contributed by atoms with Crippen molar-refractivity contribution in [1.82, 2.24) is 14.9 Å². The number of thiophene rings is 1. The van der Waals surface area contributed by atoms with E-state index in [2.05, 4.69) is 16.7 Å². The smallest absolute Gasteiger partial charge is 0.262 e. The lowest BCUT2D eigenvalue weighted by Crippen LogP contribution is -2.43. The molecule has 0 aliphatic carbocycles. The summed E-state index contributed by atoms with van der Waals surface area (Å²) in [5.41, 5.74) is 2.24. The van der Waals surface area contributed by atoms with Crippen LogP contribution in [0.25, 0.3) is 0 Å². The zero-order valence-corrected chi connectivity index (χ0v) is 18.0. The standard InChI is InChI=1S/C21H27N3O3S2/c25-21(23-14-18-9-3-4-11-22-18)20-19(10-13-28-20)29(26,27)24-12-5-8-16-6-1-2-7-17(16)15-24/h1-2,6-7,10,13,18,22H,3-5,8-9,11-12,14-15H2,(H,23,25)/t18-/m1/s1. The summed E-state index contributed by atoms with van der Waals surface area (Å²) in [4.78, 5) is 13.2. The first-order valence-electron chi connectivity index (χ1n) is 10.2. The zero-order valence-electron chi connectivity index (χ0n) is 16.4. The predicted octanol–water partition coefficient (Wildman–Crippen LogP) is 2.76. The van der Waals surface area contributed by atoms with Crippen LogP contribution >= 0.6 is 11.3 Å². The molecule has 1 amide bonds. The van der Waals surface area contributed by atoms with E-state index >= 15 is 0 Å². The first-order chi connectivity index (χ1) is 14.1. The van der Waals surface area contributed by atoms with Gasteiger partial charge in [-0.2, -0.15) is 4.31 Å². The van der Waals surface area contributed by atoms with Crippen molar-refractivity contribution in [2.45, 2.75) is 49.6 Å². The molecule has 1 aromatic carbocycles. The average Bonchev–Trinajstić information content (AvgIpc) is 3.14. The molecule has 0 radical (unpaired) electrons. The number of carbonyl (C=O) groups excluding carboxylic acids is 1. The number of rotatable bonds is 5. The molecule has 2 N–H and O–H groups in total. The van der Waals surface area contributed by atoms with Gasteiger partial charge < -0.3 is 10.6 Å². The van der Waals surface area contributed by atoms with Gasteiger partial charge >= 0.3 is 0 Å². The van der Waals surface area contributed by atoms with Crippen molar-refractivity contribution < 1.29 is 13.2 Å². The fourth-order valence-electron chi connectivity index (χ4n) is 4.08. The number of aryl methyl sites for hydroxylation is 1. The Morgan fingerprint density at radius 1 is 1.17 bits per heavy atom. The maximum absolute atomic E-state index is 13.4. The zero-order chi connectivity index (χ0) is 20.3. The number of sulfonamides is 1. The summed E-state index contributed by atoms with van der Waals surface area (Å²) in [6.45, 7) is 2.30. The number of hydrogen-bond acceptors (Lipinski definition) is 5. The van der Waals surface area contributed by atoms with E-state index in [1.165, 1.54) is 21.2 Å². The summed E-state index contributed by atoms with van der Waals surface area (Å²) >= 11 is 1.19. The minimum Gasteiger partial charge on any atom is -0.350 e. The number of nitrogens with zero attached hydrogens (tertiary/aromatic N) is 1. The van der Waals surface area contributed by atoms with E-state index in [9.17, 15) is 13.2 Å². The monoisotopic (exact) mass is 433 g/mol. The summed E-state index contributed by atoms with van der Waals surface area (Å²) in [5, 5.41) is 8.01. The van der Waals surface area contributed by atoms with Gasteiger partial charge in [-0.05, 0) is 54.8 Å². The Hall–Kier alpha value is -1.74. The quantitative estimate of drug-likeness (QED) is 0.760. The van der Waals surface area contributed by atoms with Crippen molar-refractivity contribution in [2.24, 2.45) is 0 Å². The fraction of sp³-hybridized carbons (Fsp3) is 0.476. The minimum absolute atomic E-state index is 0.121. The van der Waals surface area contributed by atoms with Crippen LogP contribution in [0.5, 0.6) is 0 Å². The first-order valence-corrected chi connectivity index (χ1v) is 12.5. The lowest BCUT2D eigenvalue weighted by Gasteiger charge is -2.24. The maximum atomic E-state index is 13.4. The van der Waals surface area contributed by atoms with Gasteiger partial charge in [-0.1, -0.05) is 30.7 Å². The van der Waals surface area contributed by atoms with Gasteiger partial charge in [0.2, 0.25) is 10.0 Å². The van der Waals surface area contributed by atoms with Crippen LogP contribution in [0.2, 0.25) is 0 Å². The molecule has 0 saturated carbocycles. The third kappa shape index (κ3) is 4.55. The van der Waals surface area contributed by atoms with E-state index in [-0.39, 0.29) is 21.7 Å². The summed E-state index contributed by atoms with van der Waals surface area (Å²) < 4.78 is 28.3. The van der Waals surface area contributed by atoms with Gasteiger partial charge in [0.1, 0.15) is 9.77 Å². The minimum atomic E-state index is -3.74. The molecule has 4 rings (SSSR count). The van der Waals surface area contributed by atoms with Crippen LogP contribution < -0.4 is 10.6 Å². The van der Waals surface area contributed by atoms with Crippen molar-refractivity contribution in [1.29, 1.82) is 0 Å². The Bertz CT molecular complexity index is 965. The van der Waals surface area contributed by atoms with E-state index in [0.717, 1.165) is 44.2 Å². The molecular weight excluding hydrogens is 406 g/mol. The number of nitrogens with one attached hydrogen (secondary N) is 2. The fourth-order valence-corrected chi connectivity index (χ4v) is 6.85. The van der Waals surface area contributed by atoms with Gasteiger partial charge in [0.05, 0.1) is 0 Å². The molecule has 1 aromatic heterocycles. The largest absolute Gasteiger partial charge is 0.350 e. The Labute approximate surface area is 176 Å². The van der Waals surface area contributed by atoms with Crippen LogP contribution in [0.3, 0.4) is 0 Å². The highest BCUT2D eigenvalue weighted by molar-refractivity contribution is 7.89. The highest BCUT2D eigenvalue weighted by Gasteiger charge is 2.31. The summed E-state index contributed by atoms with van der Waals surface area (Å²) in [5.74, 6) is -0.304. The second-order valence-corrected chi connectivity index (χ2v) is 10.5. The molecule has 1 fully saturated rings.